The topological polar surface area (TPSA) is 49.9 Å². The Balaban J connectivity index is 1.49. The fraction of sp³-hybridized carbons (Fsp3) is 0.261. The van der Waals surface area contributed by atoms with Crippen LogP contribution in [0, 0.1) is 0 Å². The smallest absolute Gasteiger partial charge is 0.267 e. The van der Waals surface area contributed by atoms with Gasteiger partial charge in [0.05, 0.1) is 35.4 Å². The average molecular weight is 471 g/mol. The molecule has 2 aromatic rings. The van der Waals surface area contributed by atoms with Crippen LogP contribution in [0.4, 0.5) is 5.69 Å². The second-order valence-electron chi connectivity index (χ2n) is 7.66. The van der Waals surface area contributed by atoms with Crippen molar-refractivity contribution in [2.75, 3.05) is 18.1 Å². The van der Waals surface area contributed by atoms with Crippen LogP contribution in [0.2, 0.25) is 5.02 Å². The Morgan fingerprint density at radius 3 is 2.58 bits per heavy atom. The molecule has 2 saturated heterocycles. The monoisotopic (exact) mass is 470 g/mol. The predicted octanol–water partition coefficient (Wildman–Crippen LogP) is 4.64. The molecule has 0 N–H and O–H groups in total. The number of thiocarbonyl (C=S) groups is 1. The Morgan fingerprint density at radius 1 is 1.06 bits per heavy atom. The molecule has 5 rings (SSSR count). The molecule has 1 unspecified atom stereocenters. The molecular formula is C23H19ClN2O3S2. The fourth-order valence-corrected chi connectivity index (χ4v) is 5.60. The Hall–Kier alpha value is -2.19. The van der Waals surface area contributed by atoms with Crippen LogP contribution in [0.5, 0.6) is 0 Å². The third kappa shape index (κ3) is 3.80. The van der Waals surface area contributed by atoms with Crippen LogP contribution in [-0.2, 0) is 20.9 Å². The first-order chi connectivity index (χ1) is 15.0. The minimum atomic E-state index is -0.211. The summed E-state index contributed by atoms with van der Waals surface area (Å²) in [5.74, 6) is -0.397. The molecule has 0 aromatic heterocycles. The van der Waals surface area contributed by atoms with Crippen molar-refractivity contribution in [3.63, 3.8) is 0 Å². The van der Waals surface area contributed by atoms with E-state index in [0.717, 1.165) is 29.7 Å². The summed E-state index contributed by atoms with van der Waals surface area (Å²) in [6.45, 7) is 1.55. The van der Waals surface area contributed by atoms with Crippen molar-refractivity contribution in [3.05, 3.63) is 69.6 Å². The quantitative estimate of drug-likeness (QED) is 0.481. The molecular weight excluding hydrogens is 452 g/mol. The van der Waals surface area contributed by atoms with E-state index in [-0.39, 0.29) is 17.9 Å². The lowest BCUT2D eigenvalue weighted by Gasteiger charge is -2.18. The van der Waals surface area contributed by atoms with Gasteiger partial charge in [0.25, 0.3) is 11.8 Å². The van der Waals surface area contributed by atoms with Gasteiger partial charge in [-0.05, 0) is 36.6 Å². The second-order valence-corrected chi connectivity index (χ2v) is 9.74. The summed E-state index contributed by atoms with van der Waals surface area (Å²) in [5.41, 5.74) is 2.94. The van der Waals surface area contributed by atoms with E-state index >= 15 is 0 Å². The maximum Gasteiger partial charge on any atom is 0.267 e. The summed E-state index contributed by atoms with van der Waals surface area (Å²) >= 11 is 12.7. The number of para-hydroxylation sites is 1. The number of carbonyl (C=O) groups excluding carboxylic acids is 2. The van der Waals surface area contributed by atoms with Gasteiger partial charge >= 0.3 is 0 Å². The van der Waals surface area contributed by atoms with E-state index in [2.05, 4.69) is 0 Å². The van der Waals surface area contributed by atoms with Crippen LogP contribution in [0.25, 0.3) is 5.57 Å². The lowest BCUT2D eigenvalue weighted by molar-refractivity contribution is -0.123. The maximum absolute atomic E-state index is 13.5. The minimum absolute atomic E-state index is 0.000168. The summed E-state index contributed by atoms with van der Waals surface area (Å²) < 4.78 is 6.15. The first-order valence-electron chi connectivity index (χ1n) is 10.1. The molecule has 5 nitrogen and oxygen atoms in total. The number of benzene rings is 2. The second kappa shape index (κ2) is 8.39. The van der Waals surface area contributed by atoms with Crippen LogP contribution in [0.1, 0.15) is 24.0 Å². The van der Waals surface area contributed by atoms with E-state index in [9.17, 15) is 9.59 Å². The van der Waals surface area contributed by atoms with Crippen molar-refractivity contribution in [2.45, 2.75) is 25.5 Å². The molecule has 8 heteroatoms. The first-order valence-corrected chi connectivity index (χ1v) is 11.7. The Morgan fingerprint density at radius 2 is 1.84 bits per heavy atom. The van der Waals surface area contributed by atoms with E-state index in [0.29, 0.717) is 39.5 Å². The van der Waals surface area contributed by atoms with Gasteiger partial charge in [-0.15, -0.1) is 0 Å². The van der Waals surface area contributed by atoms with Gasteiger partial charge in [0.15, 0.2) is 0 Å². The minimum Gasteiger partial charge on any atom is -0.376 e. The van der Waals surface area contributed by atoms with E-state index in [1.165, 1.54) is 11.8 Å². The zero-order chi connectivity index (χ0) is 21.5. The molecule has 0 aliphatic carbocycles. The highest BCUT2D eigenvalue weighted by molar-refractivity contribution is 8.26. The van der Waals surface area contributed by atoms with Gasteiger partial charge in [0.1, 0.15) is 4.32 Å². The van der Waals surface area contributed by atoms with Crippen molar-refractivity contribution in [2.24, 2.45) is 0 Å². The Bertz CT molecular complexity index is 1110. The van der Waals surface area contributed by atoms with Crippen molar-refractivity contribution in [3.8, 4) is 0 Å². The lowest BCUT2D eigenvalue weighted by atomic mass is 10.1. The largest absolute Gasteiger partial charge is 0.376 e. The summed E-state index contributed by atoms with van der Waals surface area (Å²) in [4.78, 5) is 30.5. The summed E-state index contributed by atoms with van der Waals surface area (Å²) in [5, 5.41) is 0.646. The van der Waals surface area contributed by atoms with Crippen LogP contribution in [0.3, 0.4) is 0 Å². The van der Waals surface area contributed by atoms with E-state index < -0.39 is 0 Å². The highest BCUT2D eigenvalue weighted by atomic mass is 35.5. The predicted molar refractivity (Wildman–Crippen MR) is 127 cm³/mol. The number of fused-ring (bicyclic) bond motifs is 1. The number of ether oxygens (including phenoxy) is 1. The zero-order valence-electron chi connectivity index (χ0n) is 16.5. The number of thioether (sulfide) groups is 1. The Labute approximate surface area is 195 Å². The normalized spacial score (nSPS) is 23.3. The fourth-order valence-electron chi connectivity index (χ4n) is 4.13. The number of nitrogens with zero attached hydrogens (tertiary/aromatic N) is 2. The number of hydrogen-bond donors (Lipinski definition) is 0. The van der Waals surface area contributed by atoms with Gasteiger partial charge in [-0.25, -0.2) is 0 Å². The molecule has 158 valence electrons. The third-order valence-electron chi connectivity index (χ3n) is 5.66. The van der Waals surface area contributed by atoms with Crippen molar-refractivity contribution in [1.29, 1.82) is 0 Å². The molecule has 3 aliphatic heterocycles. The number of anilines is 1. The summed E-state index contributed by atoms with van der Waals surface area (Å²) in [6.07, 6.45) is 1.91. The highest BCUT2D eigenvalue weighted by Gasteiger charge is 2.42. The molecule has 2 aromatic carbocycles. The lowest BCUT2D eigenvalue weighted by Crippen LogP contribution is -2.35. The highest BCUT2D eigenvalue weighted by Crippen LogP contribution is 2.45. The molecule has 31 heavy (non-hydrogen) atoms. The van der Waals surface area contributed by atoms with Crippen molar-refractivity contribution >= 4 is 63.0 Å². The first kappa shape index (κ1) is 20.7. The molecule has 3 aliphatic rings. The van der Waals surface area contributed by atoms with Gasteiger partial charge in [-0.2, -0.15) is 0 Å². The molecule has 0 bridgehead atoms. The molecule has 0 spiro atoms. The van der Waals surface area contributed by atoms with E-state index in [1.54, 1.807) is 21.9 Å². The number of hydrogen-bond acceptors (Lipinski definition) is 5. The van der Waals surface area contributed by atoms with Gasteiger partial charge in [0, 0.05) is 17.2 Å². The van der Waals surface area contributed by atoms with Crippen molar-refractivity contribution < 1.29 is 14.3 Å². The van der Waals surface area contributed by atoms with Crippen molar-refractivity contribution in [1.82, 2.24) is 4.90 Å². The third-order valence-corrected chi connectivity index (χ3v) is 7.36. The van der Waals surface area contributed by atoms with Crippen LogP contribution in [-0.4, -0.2) is 40.3 Å². The number of amides is 2. The van der Waals surface area contributed by atoms with Crippen LogP contribution >= 0.6 is 35.6 Å². The number of rotatable bonds is 4. The zero-order valence-corrected chi connectivity index (χ0v) is 18.9. The molecule has 2 fully saturated rings. The average Bonchev–Trinajstić information content (AvgIpc) is 3.45. The van der Waals surface area contributed by atoms with Crippen LogP contribution in [0.15, 0.2) is 53.4 Å². The molecule has 3 heterocycles. The summed E-state index contributed by atoms with van der Waals surface area (Å²) in [6, 6.07) is 15.0. The van der Waals surface area contributed by atoms with Gasteiger partial charge in [-0.3, -0.25) is 14.5 Å². The van der Waals surface area contributed by atoms with Crippen LogP contribution < -0.4 is 4.90 Å². The molecule has 0 saturated carbocycles. The summed E-state index contributed by atoms with van der Waals surface area (Å²) in [7, 11) is 0. The maximum atomic E-state index is 13.5. The molecule has 1 atom stereocenters. The number of carbonyl (C=O) groups is 2. The van der Waals surface area contributed by atoms with E-state index in [1.807, 2.05) is 36.4 Å². The number of halogens is 1. The van der Waals surface area contributed by atoms with Gasteiger partial charge in [0.2, 0.25) is 0 Å². The van der Waals surface area contributed by atoms with E-state index in [4.69, 9.17) is 28.6 Å². The SMILES string of the molecule is O=C1/C(=C2/C(=O)N(Cc3ccc(Cl)cc3)c3ccccc32)SC(=S)N1CC1CCCO1. The molecule has 0 radical (unpaired) electrons. The Kier molecular flexibility index (Phi) is 5.60. The standard InChI is InChI=1S/C23H19ClN2O3S2/c24-15-9-7-14(8-10-15)12-25-18-6-2-1-5-17(18)19(21(25)27)20-22(28)26(23(30)31-20)13-16-4-3-11-29-16/h1-2,5-10,16H,3-4,11-13H2/b20-19-. The van der Waals surface area contributed by atoms with Gasteiger partial charge in [-0.1, -0.05) is 65.9 Å². The van der Waals surface area contributed by atoms with Gasteiger partial charge < -0.3 is 9.64 Å². The molecule has 2 amide bonds.